The zero-order valence-corrected chi connectivity index (χ0v) is 11.5. The van der Waals surface area contributed by atoms with Gasteiger partial charge < -0.3 is 10.0 Å². The lowest BCUT2D eigenvalue weighted by atomic mass is 10.2. The summed E-state index contributed by atoms with van der Waals surface area (Å²) in [5, 5.41) is 9.14. The van der Waals surface area contributed by atoms with Gasteiger partial charge in [0.2, 0.25) is 5.95 Å². The molecule has 0 radical (unpaired) electrons. The molecule has 21 heavy (non-hydrogen) atoms. The third-order valence-corrected chi connectivity index (χ3v) is 3.62. The monoisotopic (exact) mass is 288 g/mol. The van der Waals surface area contributed by atoms with Crippen LogP contribution in [0, 0.1) is 0 Å². The van der Waals surface area contributed by atoms with E-state index >= 15 is 0 Å². The first kappa shape index (κ1) is 13.5. The minimum Gasteiger partial charge on any atom is -0.481 e. The Balaban J connectivity index is 1.97. The van der Waals surface area contributed by atoms with Crippen molar-refractivity contribution in [1.29, 1.82) is 0 Å². The summed E-state index contributed by atoms with van der Waals surface area (Å²) in [6.45, 7) is 1.76. The van der Waals surface area contributed by atoms with Gasteiger partial charge >= 0.3 is 5.97 Å². The van der Waals surface area contributed by atoms with Crippen LogP contribution < -0.4 is 10.5 Å². The highest BCUT2D eigenvalue weighted by atomic mass is 16.4. The molecule has 1 aliphatic rings. The van der Waals surface area contributed by atoms with E-state index in [1.165, 1.54) is 0 Å². The number of aromatic amines is 1. The van der Waals surface area contributed by atoms with Gasteiger partial charge in [-0.3, -0.25) is 14.6 Å². The minimum atomic E-state index is -0.867. The molecule has 0 bridgehead atoms. The molecule has 0 atom stereocenters. The van der Waals surface area contributed by atoms with E-state index < -0.39 is 5.97 Å². The molecule has 2 aromatic heterocycles. The van der Waals surface area contributed by atoms with Gasteiger partial charge in [0.15, 0.2) is 5.65 Å². The number of hydrogen-bond acceptors (Lipinski definition) is 5. The molecule has 0 aliphatic carbocycles. The molecule has 0 amide bonds. The summed E-state index contributed by atoms with van der Waals surface area (Å²) >= 11 is 0. The van der Waals surface area contributed by atoms with Crippen LogP contribution >= 0.6 is 0 Å². The highest BCUT2D eigenvalue weighted by molar-refractivity contribution is 5.75. The number of fused-ring (bicyclic) bond motifs is 1. The molecular formula is C14H16N4O3. The van der Waals surface area contributed by atoms with Crippen LogP contribution in [0.15, 0.2) is 16.9 Å². The Morgan fingerprint density at radius 3 is 2.76 bits per heavy atom. The number of nitrogens with one attached hydrogen (secondary N) is 1. The van der Waals surface area contributed by atoms with Crippen molar-refractivity contribution in [2.24, 2.45) is 0 Å². The van der Waals surface area contributed by atoms with E-state index in [9.17, 15) is 9.59 Å². The second kappa shape index (κ2) is 5.51. The summed E-state index contributed by atoms with van der Waals surface area (Å²) in [5.74, 6) is -0.318. The highest BCUT2D eigenvalue weighted by Crippen LogP contribution is 2.16. The van der Waals surface area contributed by atoms with E-state index in [4.69, 9.17) is 5.11 Å². The smallest absolute Gasteiger partial charge is 0.303 e. The molecule has 1 aliphatic heterocycles. The SMILES string of the molecule is O=C(O)CCc1ccc2c(=O)[nH]c(N3CCCC3)nc2n1. The molecule has 1 saturated heterocycles. The quantitative estimate of drug-likeness (QED) is 0.868. The molecule has 3 rings (SSSR count). The summed E-state index contributed by atoms with van der Waals surface area (Å²) in [6.07, 6.45) is 2.53. The van der Waals surface area contributed by atoms with Gasteiger partial charge in [0.05, 0.1) is 11.8 Å². The Kier molecular flexibility index (Phi) is 3.55. The fraction of sp³-hybridized carbons (Fsp3) is 0.429. The van der Waals surface area contributed by atoms with Crippen LogP contribution in [0.25, 0.3) is 11.0 Å². The zero-order valence-electron chi connectivity index (χ0n) is 11.5. The number of aryl methyl sites for hydroxylation is 1. The van der Waals surface area contributed by atoms with E-state index in [2.05, 4.69) is 15.0 Å². The molecule has 1 fully saturated rings. The number of aliphatic carboxylic acids is 1. The van der Waals surface area contributed by atoms with Crippen LogP contribution in [0.5, 0.6) is 0 Å². The molecule has 110 valence electrons. The predicted octanol–water partition coefficient (Wildman–Crippen LogP) is 0.935. The number of pyridine rings is 1. The molecule has 0 saturated carbocycles. The van der Waals surface area contributed by atoms with Gasteiger partial charge in [0, 0.05) is 25.2 Å². The van der Waals surface area contributed by atoms with Crippen molar-refractivity contribution in [3.05, 3.63) is 28.2 Å². The van der Waals surface area contributed by atoms with E-state index in [1.54, 1.807) is 12.1 Å². The number of anilines is 1. The van der Waals surface area contributed by atoms with Gasteiger partial charge in [-0.15, -0.1) is 0 Å². The molecule has 2 aromatic rings. The first-order chi connectivity index (χ1) is 10.1. The second-order valence-corrected chi connectivity index (χ2v) is 5.15. The first-order valence-corrected chi connectivity index (χ1v) is 7.00. The van der Waals surface area contributed by atoms with E-state index in [-0.39, 0.29) is 12.0 Å². The summed E-state index contributed by atoms with van der Waals surface area (Å²) in [6, 6.07) is 3.33. The molecule has 0 unspecified atom stereocenters. The molecule has 2 N–H and O–H groups in total. The topological polar surface area (TPSA) is 99.2 Å². The Morgan fingerprint density at radius 1 is 1.29 bits per heavy atom. The average Bonchev–Trinajstić information content (AvgIpc) is 2.99. The van der Waals surface area contributed by atoms with Gasteiger partial charge in [-0.25, -0.2) is 4.98 Å². The van der Waals surface area contributed by atoms with Crippen molar-refractivity contribution in [2.75, 3.05) is 18.0 Å². The third-order valence-electron chi connectivity index (χ3n) is 3.62. The van der Waals surface area contributed by atoms with Gasteiger partial charge in [-0.1, -0.05) is 0 Å². The maximum Gasteiger partial charge on any atom is 0.303 e. The van der Waals surface area contributed by atoms with Crippen LogP contribution in [0.2, 0.25) is 0 Å². The molecule has 0 aromatic carbocycles. The van der Waals surface area contributed by atoms with Crippen molar-refractivity contribution in [3.8, 4) is 0 Å². The number of aromatic nitrogens is 3. The maximum atomic E-state index is 12.1. The Labute approximate surface area is 120 Å². The minimum absolute atomic E-state index is 0.0146. The summed E-state index contributed by atoms with van der Waals surface area (Å²) in [7, 11) is 0. The van der Waals surface area contributed by atoms with Crippen molar-refractivity contribution in [1.82, 2.24) is 15.0 Å². The summed E-state index contributed by atoms with van der Waals surface area (Å²) < 4.78 is 0. The Morgan fingerprint density at radius 2 is 2.05 bits per heavy atom. The van der Waals surface area contributed by atoms with E-state index in [0.717, 1.165) is 25.9 Å². The number of carboxylic acid groups (broad SMARTS) is 1. The lowest BCUT2D eigenvalue weighted by molar-refractivity contribution is -0.136. The number of hydrogen-bond donors (Lipinski definition) is 2. The molecule has 7 heteroatoms. The van der Waals surface area contributed by atoms with Crippen LogP contribution in [0.1, 0.15) is 25.0 Å². The van der Waals surface area contributed by atoms with Crippen LogP contribution in [-0.2, 0) is 11.2 Å². The van der Waals surface area contributed by atoms with E-state index in [0.29, 0.717) is 29.1 Å². The molecule has 7 nitrogen and oxygen atoms in total. The van der Waals surface area contributed by atoms with Crippen molar-refractivity contribution in [2.45, 2.75) is 25.7 Å². The van der Waals surface area contributed by atoms with Gasteiger partial charge in [0.25, 0.3) is 5.56 Å². The zero-order chi connectivity index (χ0) is 14.8. The molecule has 3 heterocycles. The molecular weight excluding hydrogens is 272 g/mol. The second-order valence-electron chi connectivity index (χ2n) is 5.15. The lowest BCUT2D eigenvalue weighted by Crippen LogP contribution is -2.24. The lowest BCUT2D eigenvalue weighted by Gasteiger charge is -2.15. The van der Waals surface area contributed by atoms with Crippen molar-refractivity contribution in [3.63, 3.8) is 0 Å². The summed E-state index contributed by atoms with van der Waals surface area (Å²) in [4.78, 5) is 36.2. The fourth-order valence-electron chi connectivity index (χ4n) is 2.50. The number of carbonyl (C=O) groups is 1. The van der Waals surface area contributed by atoms with Crippen LogP contribution in [-0.4, -0.2) is 39.1 Å². The standard InChI is InChI=1S/C14H16N4O3/c19-11(20)6-4-9-3-5-10-12(15-9)16-14(17-13(10)21)18-7-1-2-8-18/h3,5H,1-2,4,6-8H2,(H,19,20)(H,15,16,17,21). The van der Waals surface area contributed by atoms with Gasteiger partial charge in [-0.2, -0.15) is 4.98 Å². The number of carboxylic acids is 1. The van der Waals surface area contributed by atoms with Gasteiger partial charge in [-0.05, 0) is 25.0 Å². The van der Waals surface area contributed by atoms with Crippen molar-refractivity contribution < 1.29 is 9.90 Å². The van der Waals surface area contributed by atoms with E-state index in [1.807, 2.05) is 4.90 Å². The average molecular weight is 288 g/mol. The number of H-pyrrole nitrogens is 1. The Hall–Kier alpha value is -2.44. The maximum absolute atomic E-state index is 12.1. The third kappa shape index (κ3) is 2.86. The normalized spacial score (nSPS) is 14.8. The highest BCUT2D eigenvalue weighted by Gasteiger charge is 2.16. The fourth-order valence-corrected chi connectivity index (χ4v) is 2.50. The van der Waals surface area contributed by atoms with Crippen LogP contribution in [0.4, 0.5) is 5.95 Å². The number of nitrogens with zero attached hydrogens (tertiary/aromatic N) is 3. The molecule has 0 spiro atoms. The van der Waals surface area contributed by atoms with Crippen molar-refractivity contribution >= 4 is 23.0 Å². The first-order valence-electron chi connectivity index (χ1n) is 7.00. The van der Waals surface area contributed by atoms with Gasteiger partial charge in [0.1, 0.15) is 0 Å². The summed E-state index contributed by atoms with van der Waals surface area (Å²) in [5.41, 5.74) is 0.804. The Bertz CT molecular complexity index is 735. The predicted molar refractivity (Wildman–Crippen MR) is 77.6 cm³/mol. The number of rotatable bonds is 4. The van der Waals surface area contributed by atoms with Crippen LogP contribution in [0.3, 0.4) is 0 Å². The largest absolute Gasteiger partial charge is 0.481 e.